The highest BCUT2D eigenvalue weighted by atomic mass is 35.5. The number of ketones is 1. The first kappa shape index (κ1) is 107. The number of methoxy groups -OCH3 is 4. The summed E-state index contributed by atoms with van der Waals surface area (Å²) in [4.78, 5) is 46.4. The molecule has 0 N–H and O–H groups in total. The monoisotopic (exact) mass is 1950 g/mol. The number of carbonyl (C=O) groups is 3. The smallest absolute Gasteiger partial charge is 0.286 e. The number of nitrogens with zero attached hydrogens (tertiary/aromatic N) is 9. The third-order valence-corrected chi connectivity index (χ3v) is 34.9. The van der Waals surface area contributed by atoms with E-state index in [0.29, 0.717) is 74.3 Å². The van der Waals surface area contributed by atoms with E-state index in [1.807, 2.05) is 50.3 Å². The Labute approximate surface area is 824 Å². The van der Waals surface area contributed by atoms with Crippen molar-refractivity contribution in [1.29, 1.82) is 0 Å². The fourth-order valence-corrected chi connectivity index (χ4v) is 27.7. The van der Waals surface area contributed by atoms with Crippen molar-refractivity contribution in [2.75, 3.05) is 94.9 Å². The van der Waals surface area contributed by atoms with Crippen molar-refractivity contribution in [2.45, 2.75) is 255 Å². The molecule has 12 atom stereocenters. The van der Waals surface area contributed by atoms with Crippen molar-refractivity contribution in [3.05, 3.63) is 190 Å². The third-order valence-electron chi connectivity index (χ3n) is 30.3. The second-order valence-electron chi connectivity index (χ2n) is 40.1. The van der Waals surface area contributed by atoms with Gasteiger partial charge < -0.3 is 43.3 Å². The molecule has 2 amide bonds. The number of rotatable bonds is 31. The van der Waals surface area contributed by atoms with E-state index in [9.17, 15) is 27.9 Å². The second-order valence-corrected chi connectivity index (χ2v) is 45.3. The van der Waals surface area contributed by atoms with E-state index >= 15 is 0 Å². The van der Waals surface area contributed by atoms with Crippen LogP contribution in [0.1, 0.15) is 278 Å². The largest absolute Gasteiger partial charge is 0.857 e. The van der Waals surface area contributed by atoms with Gasteiger partial charge in [-0.05, 0) is 232 Å². The molecule has 6 saturated carbocycles. The Morgan fingerprint density at radius 2 is 0.940 bits per heavy atom. The van der Waals surface area contributed by atoms with Crippen LogP contribution in [-0.4, -0.2) is 149 Å². The molecule has 2 aliphatic heterocycles. The van der Waals surface area contributed by atoms with Crippen LogP contribution in [0.25, 0.3) is 0 Å². The van der Waals surface area contributed by atoms with Crippen molar-refractivity contribution in [1.82, 2.24) is 19.6 Å². The number of Topliss-reactive ketones (excluding diaryl/α,β-unsaturated/α-hetero) is 1. The van der Waals surface area contributed by atoms with Crippen LogP contribution in [0.5, 0.6) is 23.3 Å². The van der Waals surface area contributed by atoms with Crippen molar-refractivity contribution >= 4 is 105 Å². The molecule has 6 aromatic rings. The zero-order valence-electron chi connectivity index (χ0n) is 81.1. The summed E-state index contributed by atoms with van der Waals surface area (Å²) in [5, 5.41) is 23.1. The molecule has 2 spiro atoms. The maximum atomic E-state index is 14.6. The van der Waals surface area contributed by atoms with Crippen LogP contribution in [0.2, 0.25) is 10.0 Å². The van der Waals surface area contributed by atoms with E-state index < -0.39 is 48.9 Å². The van der Waals surface area contributed by atoms with Gasteiger partial charge in [-0.25, -0.2) is 8.42 Å². The van der Waals surface area contributed by atoms with Crippen LogP contribution < -0.4 is 33.9 Å². The Morgan fingerprint density at radius 1 is 0.537 bits per heavy atom. The molecule has 0 saturated heterocycles. The lowest BCUT2D eigenvalue weighted by atomic mass is 9.68. The van der Waals surface area contributed by atoms with E-state index in [0.717, 1.165) is 122 Å². The summed E-state index contributed by atoms with van der Waals surface area (Å²) in [6.45, 7) is 23.2. The van der Waals surface area contributed by atoms with Crippen LogP contribution >= 0.6 is 50.2 Å². The number of anilines is 2. The molecule has 4 heterocycles. The number of aromatic nitrogens is 4. The Hall–Kier alpha value is -7.36. The van der Waals surface area contributed by atoms with Gasteiger partial charge in [-0.1, -0.05) is 202 Å². The molecular weight excluding hydrogens is 1800 g/mol. The highest BCUT2D eigenvalue weighted by Crippen LogP contribution is 2.51. The number of benzene rings is 4. The normalized spacial score (nSPS) is 23.6. The Kier molecular flexibility index (Phi) is 40.3. The number of halogens is 2. The highest BCUT2D eigenvalue weighted by molar-refractivity contribution is 7.94. The number of amides is 2. The second kappa shape index (κ2) is 50.5. The van der Waals surface area contributed by atoms with Gasteiger partial charge in [0.15, 0.2) is 15.7 Å². The number of carbonyl (C=O) groups excluding carboxylic acids is 3. The van der Waals surface area contributed by atoms with Gasteiger partial charge in [0.25, 0.3) is 11.8 Å². The molecule has 27 heteroatoms. The van der Waals surface area contributed by atoms with E-state index in [1.54, 1.807) is 129 Å². The van der Waals surface area contributed by atoms with Crippen molar-refractivity contribution in [2.24, 2.45) is 86.4 Å². The molecule has 8 aliphatic carbocycles. The van der Waals surface area contributed by atoms with Gasteiger partial charge in [0.2, 0.25) is 11.8 Å². The summed E-state index contributed by atoms with van der Waals surface area (Å²) < 4.78 is 79.9. The van der Waals surface area contributed by atoms with Crippen LogP contribution in [0.15, 0.2) is 149 Å². The molecule has 134 heavy (non-hydrogen) atoms. The number of ether oxygens (including phenoxy) is 6. The number of hydrogen-bond acceptors (Lipinski definition) is 16. The molecule has 4 aromatic carbocycles. The standard InChI is InChI=1S/C41H51ClN4O6S.C40H50ClN5O6S.2C13H24.2H2S/c1-7-10-27(3)23-53(49,24-36(47)33-22-45(4)43-40(33)51-6)44-39(48)29-13-17-38-35(20-29)46(21-30-12-15-32(30)37(8-2)50-5)25-41(26-52-38)18-9-11-28-19-31(42)14-16-34(28)41;1-7-10-26(3)23-53(49,44-38(48)32-22-45(4)42-39(32)51-6)43-37(47)28-13-17-36-34(20-28)46(21-29-12-15-31(29)35(8-2)50-5)24-40(25-52-36)18-9-11-27-19-30(41)14-16-33(27)40;2*1-3-7-12(8-4-1)11-13-9-5-2-6-10-13;;/h7-8,13-14,16-17,19-20,22,27,30,32,37H,1-2,9-12,15,18,21,23-26H2,3-6H3;7-8,13-14,16-17,19-20,22,26,29,31,35H,1-2,9-12,15,18,21,23-25H2,3-6H3,(H,43,44,47,48,49);2*12-13H,1-11H2;2*1H2/p-1/t27-,30-,32+,37-,41-,53+;26-,29-,31+,35-,40-,53-;;;;/m00..../s1. The summed E-state index contributed by atoms with van der Waals surface area (Å²) in [5.74, 6) is 3.84. The van der Waals surface area contributed by atoms with Gasteiger partial charge >= 0.3 is 0 Å². The van der Waals surface area contributed by atoms with Crippen molar-refractivity contribution in [3.8, 4) is 23.3 Å². The van der Waals surface area contributed by atoms with Gasteiger partial charge in [-0.3, -0.25) is 23.7 Å². The SMILES string of the molecule is C1CCC(CC2CCCCC2)CC1.C1CCC(CC2CCCCC2)CC1.C=CC[C@H](C)C[S@@](=O)(CC(=O)c1cn(C)nc1OC)=NC(=O)c1ccc2c(c1)N(C[C@@H]1CC[C@H]1[C@H](C=C)OC)C[C@@]1(CCCc3cc(Cl)ccc31)CO2.C=CC[C@H](C)C[S@@](=O)(N=C([O-])c1cn(C)nc1OC)=NC(=O)c1ccc2c(c1)N(C[C@@H]1CC[C@H]1[C@H](C=C)OC)C[C@@]1(CCCc3cc(Cl)ccc31)CO2.S.S. The first-order valence-electron chi connectivity index (χ1n) is 49.4. The molecule has 736 valence electrons. The first-order chi connectivity index (χ1) is 63.7. The minimum Gasteiger partial charge on any atom is -0.857 e. The minimum atomic E-state index is -3.73. The summed E-state index contributed by atoms with van der Waals surface area (Å²) in [6, 6.07) is 22.9. The molecule has 0 bridgehead atoms. The van der Waals surface area contributed by atoms with Gasteiger partial charge in [0, 0.05) is 111 Å². The molecule has 10 aliphatic rings. The number of aryl methyl sites for hydroxylation is 4. The lowest BCUT2D eigenvalue weighted by Gasteiger charge is -2.46. The topological polar surface area (TPSA) is 243 Å². The summed E-state index contributed by atoms with van der Waals surface area (Å²) in [7, 11) is 2.48. The van der Waals surface area contributed by atoms with Crippen LogP contribution in [0.4, 0.5) is 11.4 Å². The summed E-state index contributed by atoms with van der Waals surface area (Å²) in [5.41, 5.74) is 6.70. The van der Waals surface area contributed by atoms with E-state index in [2.05, 4.69) is 83.7 Å². The summed E-state index contributed by atoms with van der Waals surface area (Å²) >= 11 is 12.9. The van der Waals surface area contributed by atoms with E-state index in [1.165, 1.54) is 135 Å². The number of fused-ring (bicyclic) bond motifs is 6. The predicted octanol–water partition coefficient (Wildman–Crippen LogP) is 23.1. The average molecular weight is 1960 g/mol. The Balaban J connectivity index is 0.000000200. The predicted molar refractivity (Wildman–Crippen MR) is 554 cm³/mol. The van der Waals surface area contributed by atoms with E-state index in [-0.39, 0.29) is 107 Å². The van der Waals surface area contributed by atoms with E-state index in [4.69, 9.17) is 51.6 Å². The Bertz CT molecular complexity index is 5180. The molecule has 16 rings (SSSR count). The van der Waals surface area contributed by atoms with Crippen LogP contribution in [-0.2, 0) is 66.9 Å². The van der Waals surface area contributed by atoms with Crippen molar-refractivity contribution < 1.29 is 56.3 Å². The quantitative estimate of drug-likeness (QED) is 0.0170. The average Bonchev–Trinajstić information content (AvgIpc) is 1.00. The highest BCUT2D eigenvalue weighted by Gasteiger charge is 2.47. The molecule has 21 nitrogen and oxygen atoms in total. The molecule has 6 fully saturated rings. The molecular formula is C107H152Cl2N9O12S4-. The van der Waals surface area contributed by atoms with Gasteiger partial charge in [0.05, 0.1) is 77.8 Å². The van der Waals surface area contributed by atoms with Gasteiger partial charge in [-0.15, -0.1) is 40.9 Å². The van der Waals surface area contributed by atoms with Gasteiger partial charge in [0.1, 0.15) is 17.1 Å². The summed E-state index contributed by atoms with van der Waals surface area (Å²) in [6.07, 6.45) is 55.0. The maximum Gasteiger partial charge on any atom is 0.286 e. The zero-order chi connectivity index (χ0) is 93.7. The third kappa shape index (κ3) is 27.6. The van der Waals surface area contributed by atoms with Crippen LogP contribution in [0, 0.1) is 59.2 Å². The van der Waals surface area contributed by atoms with Crippen LogP contribution in [0.3, 0.4) is 0 Å². The fourth-order valence-electron chi connectivity index (χ4n) is 23.3. The fraction of sp³-hybridized carbons (Fsp3) is 0.607. The first-order valence-corrected chi connectivity index (χ1v) is 53.6. The van der Waals surface area contributed by atoms with Crippen molar-refractivity contribution in [3.63, 3.8) is 0 Å². The lowest BCUT2D eigenvalue weighted by Crippen LogP contribution is -2.49. The zero-order valence-corrected chi connectivity index (χ0v) is 86.2. The molecule has 2 aromatic heterocycles. The Morgan fingerprint density at radius 3 is 1.33 bits per heavy atom. The number of hydrogen-bond donors (Lipinski definition) is 0. The number of allylic oxidation sites excluding steroid dienone is 2. The minimum absolute atomic E-state index is 0. The molecule has 0 unspecified atom stereocenters. The van der Waals surface area contributed by atoms with Gasteiger partial charge in [-0.2, -0.15) is 35.8 Å². The maximum absolute atomic E-state index is 14.6. The lowest BCUT2D eigenvalue weighted by molar-refractivity contribution is -0.212. The molecule has 0 radical (unpaired) electrons.